The molecular formula is C13H16N4O3. The number of urea groups is 1. The lowest BCUT2D eigenvalue weighted by molar-refractivity contribution is 0.262. The van der Waals surface area contributed by atoms with Gasteiger partial charge in [-0.3, -0.25) is 10.00 Å². The van der Waals surface area contributed by atoms with Crippen molar-refractivity contribution in [1.29, 1.82) is 0 Å². The summed E-state index contributed by atoms with van der Waals surface area (Å²) >= 11 is 0. The molecule has 0 saturated heterocycles. The van der Waals surface area contributed by atoms with Gasteiger partial charge in [0.15, 0.2) is 0 Å². The lowest BCUT2D eigenvalue weighted by atomic mass is 10.2. The predicted molar refractivity (Wildman–Crippen MR) is 75.4 cm³/mol. The van der Waals surface area contributed by atoms with Gasteiger partial charge in [-0.2, -0.15) is 5.10 Å². The van der Waals surface area contributed by atoms with Gasteiger partial charge in [0.05, 0.1) is 26.1 Å². The van der Waals surface area contributed by atoms with E-state index in [0.717, 1.165) is 0 Å². The van der Waals surface area contributed by atoms with Crippen LogP contribution in [0, 0.1) is 0 Å². The number of carbonyl (C=O) groups is 1. The number of benzene rings is 1. The summed E-state index contributed by atoms with van der Waals surface area (Å²) in [6.45, 7) is 0. The van der Waals surface area contributed by atoms with Gasteiger partial charge in [0.1, 0.15) is 17.3 Å². The summed E-state index contributed by atoms with van der Waals surface area (Å²) in [5.41, 5.74) is 0.549. The molecule has 0 radical (unpaired) electrons. The highest BCUT2D eigenvalue weighted by molar-refractivity contribution is 6.00. The zero-order chi connectivity index (χ0) is 14.5. The molecule has 0 aliphatic heterocycles. The van der Waals surface area contributed by atoms with Crippen LogP contribution < -0.4 is 20.1 Å². The van der Waals surface area contributed by atoms with Gasteiger partial charge in [0.2, 0.25) is 0 Å². The van der Waals surface area contributed by atoms with Crippen molar-refractivity contribution in [3.63, 3.8) is 0 Å². The molecule has 2 rings (SSSR count). The SMILES string of the molecule is COc1ccc(NC(=O)Nc2ccnn2C)c(OC)c1. The van der Waals surface area contributed by atoms with E-state index in [1.54, 1.807) is 49.3 Å². The summed E-state index contributed by atoms with van der Waals surface area (Å²) in [6.07, 6.45) is 1.60. The van der Waals surface area contributed by atoms with E-state index >= 15 is 0 Å². The van der Waals surface area contributed by atoms with E-state index in [-0.39, 0.29) is 6.03 Å². The zero-order valence-corrected chi connectivity index (χ0v) is 11.5. The van der Waals surface area contributed by atoms with E-state index < -0.39 is 0 Å². The number of ether oxygens (including phenoxy) is 2. The second kappa shape index (κ2) is 5.96. The highest BCUT2D eigenvalue weighted by atomic mass is 16.5. The summed E-state index contributed by atoms with van der Waals surface area (Å²) in [6, 6.07) is 6.46. The maximum atomic E-state index is 11.9. The maximum Gasteiger partial charge on any atom is 0.324 e. The van der Waals surface area contributed by atoms with Crippen LogP contribution in [0.5, 0.6) is 11.5 Å². The molecular weight excluding hydrogens is 260 g/mol. The Bertz CT molecular complexity index is 609. The van der Waals surface area contributed by atoms with Gasteiger partial charge in [-0.1, -0.05) is 0 Å². The first-order valence-corrected chi connectivity index (χ1v) is 5.92. The number of rotatable bonds is 4. The second-order valence-corrected chi connectivity index (χ2v) is 3.99. The standard InChI is InChI=1S/C13H16N4O3/c1-17-12(6-7-14-17)16-13(18)15-10-5-4-9(19-2)8-11(10)20-3/h4-8H,1-3H3,(H2,15,16,18). The molecule has 0 bridgehead atoms. The Morgan fingerprint density at radius 2 is 2.00 bits per heavy atom. The van der Waals surface area contributed by atoms with Gasteiger partial charge in [0.25, 0.3) is 0 Å². The van der Waals surface area contributed by atoms with Crippen molar-refractivity contribution in [1.82, 2.24) is 9.78 Å². The Morgan fingerprint density at radius 3 is 2.60 bits per heavy atom. The fraction of sp³-hybridized carbons (Fsp3) is 0.231. The number of hydrogen-bond acceptors (Lipinski definition) is 4. The van der Waals surface area contributed by atoms with Crippen LogP contribution in [-0.2, 0) is 7.05 Å². The fourth-order valence-electron chi connectivity index (χ4n) is 1.67. The Hall–Kier alpha value is -2.70. The first-order valence-electron chi connectivity index (χ1n) is 5.92. The van der Waals surface area contributed by atoms with Crippen LogP contribution in [-0.4, -0.2) is 30.0 Å². The largest absolute Gasteiger partial charge is 0.497 e. The highest BCUT2D eigenvalue weighted by Crippen LogP contribution is 2.29. The van der Waals surface area contributed by atoms with Crippen molar-refractivity contribution in [3.8, 4) is 11.5 Å². The van der Waals surface area contributed by atoms with Crippen molar-refractivity contribution in [2.45, 2.75) is 0 Å². The molecule has 20 heavy (non-hydrogen) atoms. The summed E-state index contributed by atoms with van der Waals surface area (Å²) in [4.78, 5) is 11.9. The first kappa shape index (κ1) is 13.7. The van der Waals surface area contributed by atoms with Gasteiger partial charge in [-0.05, 0) is 12.1 Å². The lowest BCUT2D eigenvalue weighted by Gasteiger charge is -2.12. The molecule has 0 saturated carbocycles. The third-order valence-corrected chi connectivity index (χ3v) is 2.72. The molecule has 0 aliphatic carbocycles. The molecule has 1 aromatic carbocycles. The van der Waals surface area contributed by atoms with Crippen LogP contribution >= 0.6 is 0 Å². The average Bonchev–Trinajstić information content (AvgIpc) is 2.84. The summed E-state index contributed by atoms with van der Waals surface area (Å²) < 4.78 is 11.9. The molecule has 7 heteroatoms. The van der Waals surface area contributed by atoms with Crippen LogP contribution in [0.25, 0.3) is 0 Å². The van der Waals surface area contributed by atoms with Crippen LogP contribution in [0.2, 0.25) is 0 Å². The van der Waals surface area contributed by atoms with E-state index in [1.807, 2.05) is 0 Å². The number of nitrogens with one attached hydrogen (secondary N) is 2. The Labute approximate surface area is 116 Å². The van der Waals surface area contributed by atoms with Crippen molar-refractivity contribution >= 4 is 17.5 Å². The van der Waals surface area contributed by atoms with E-state index in [0.29, 0.717) is 23.0 Å². The number of methoxy groups -OCH3 is 2. The van der Waals surface area contributed by atoms with Gasteiger partial charge in [0, 0.05) is 19.2 Å². The lowest BCUT2D eigenvalue weighted by Crippen LogP contribution is -2.21. The number of nitrogens with zero attached hydrogens (tertiary/aromatic N) is 2. The summed E-state index contributed by atoms with van der Waals surface area (Å²) in [5.74, 6) is 1.76. The molecule has 1 aromatic heterocycles. The zero-order valence-electron chi connectivity index (χ0n) is 11.5. The van der Waals surface area contributed by atoms with Crippen molar-refractivity contribution in [3.05, 3.63) is 30.5 Å². The molecule has 0 unspecified atom stereocenters. The molecule has 106 valence electrons. The van der Waals surface area contributed by atoms with Crippen molar-refractivity contribution in [2.75, 3.05) is 24.9 Å². The highest BCUT2D eigenvalue weighted by Gasteiger charge is 2.10. The summed E-state index contributed by atoms with van der Waals surface area (Å²) in [5, 5.41) is 9.35. The van der Waals surface area contributed by atoms with Crippen molar-refractivity contribution in [2.24, 2.45) is 7.05 Å². The minimum absolute atomic E-state index is 0.378. The monoisotopic (exact) mass is 276 g/mol. The topological polar surface area (TPSA) is 77.4 Å². The molecule has 2 N–H and O–H groups in total. The van der Waals surface area contributed by atoms with Gasteiger partial charge < -0.3 is 14.8 Å². The van der Waals surface area contributed by atoms with E-state index in [1.165, 1.54) is 7.11 Å². The predicted octanol–water partition coefficient (Wildman–Crippen LogP) is 2.08. The van der Waals surface area contributed by atoms with E-state index in [9.17, 15) is 4.79 Å². The number of amides is 2. The van der Waals surface area contributed by atoms with Gasteiger partial charge >= 0.3 is 6.03 Å². The van der Waals surface area contributed by atoms with Crippen LogP contribution in [0.3, 0.4) is 0 Å². The third-order valence-electron chi connectivity index (χ3n) is 2.72. The minimum atomic E-state index is -0.378. The number of aryl methyl sites for hydroxylation is 1. The first-order chi connectivity index (χ1) is 9.63. The van der Waals surface area contributed by atoms with Crippen LogP contribution in [0.15, 0.2) is 30.5 Å². The maximum absolute atomic E-state index is 11.9. The molecule has 2 aromatic rings. The Balaban J connectivity index is 2.09. The van der Waals surface area contributed by atoms with Gasteiger partial charge in [-0.15, -0.1) is 0 Å². The molecule has 7 nitrogen and oxygen atoms in total. The minimum Gasteiger partial charge on any atom is -0.497 e. The molecule has 0 atom stereocenters. The molecule has 0 spiro atoms. The number of aromatic nitrogens is 2. The number of carbonyl (C=O) groups excluding carboxylic acids is 1. The van der Waals surface area contributed by atoms with Crippen LogP contribution in [0.4, 0.5) is 16.3 Å². The van der Waals surface area contributed by atoms with E-state index in [4.69, 9.17) is 9.47 Å². The smallest absolute Gasteiger partial charge is 0.324 e. The second-order valence-electron chi connectivity index (χ2n) is 3.99. The van der Waals surface area contributed by atoms with Gasteiger partial charge in [-0.25, -0.2) is 4.79 Å². The Kier molecular flexibility index (Phi) is 4.09. The van der Waals surface area contributed by atoms with Crippen LogP contribution in [0.1, 0.15) is 0 Å². The third kappa shape index (κ3) is 3.00. The molecule has 0 aliphatic rings. The number of hydrogen-bond donors (Lipinski definition) is 2. The number of anilines is 2. The fourth-order valence-corrected chi connectivity index (χ4v) is 1.67. The van der Waals surface area contributed by atoms with Crippen molar-refractivity contribution < 1.29 is 14.3 Å². The molecule has 0 fully saturated rings. The molecule has 2 amide bonds. The summed E-state index contributed by atoms with van der Waals surface area (Å²) in [7, 11) is 4.83. The quantitative estimate of drug-likeness (QED) is 0.896. The average molecular weight is 276 g/mol. The normalized spacial score (nSPS) is 9.95. The molecule has 1 heterocycles. The van der Waals surface area contributed by atoms with E-state index in [2.05, 4.69) is 15.7 Å². The Morgan fingerprint density at radius 1 is 1.20 bits per heavy atom.